The van der Waals surface area contributed by atoms with Gasteiger partial charge in [-0.05, 0) is 35.9 Å². The number of hydrogen-bond acceptors (Lipinski definition) is 3. The van der Waals surface area contributed by atoms with Crippen molar-refractivity contribution in [2.24, 2.45) is 0 Å². The van der Waals surface area contributed by atoms with E-state index in [0.717, 1.165) is 6.07 Å². The van der Waals surface area contributed by atoms with Crippen LogP contribution in [0, 0.1) is 5.82 Å². The van der Waals surface area contributed by atoms with Crippen molar-refractivity contribution < 1.29 is 13.9 Å². The second kappa shape index (κ2) is 5.14. The van der Waals surface area contributed by atoms with Crippen LogP contribution in [0.1, 0.15) is 10.4 Å². The van der Waals surface area contributed by atoms with Gasteiger partial charge in [-0.2, -0.15) is 0 Å². The molecular formula is C13H9ClFNO2. The van der Waals surface area contributed by atoms with E-state index in [4.69, 9.17) is 11.6 Å². The summed E-state index contributed by atoms with van der Waals surface area (Å²) in [6.45, 7) is 0. The van der Waals surface area contributed by atoms with Gasteiger partial charge in [-0.25, -0.2) is 14.2 Å². The van der Waals surface area contributed by atoms with Gasteiger partial charge in [0.25, 0.3) is 0 Å². The van der Waals surface area contributed by atoms with Crippen LogP contribution in [0.15, 0.2) is 36.5 Å². The smallest absolute Gasteiger partial charge is 0.337 e. The van der Waals surface area contributed by atoms with E-state index >= 15 is 0 Å². The molecule has 3 nitrogen and oxygen atoms in total. The molecule has 92 valence electrons. The van der Waals surface area contributed by atoms with Crippen molar-refractivity contribution >= 4 is 17.6 Å². The molecule has 0 unspecified atom stereocenters. The Bertz CT molecular complexity index is 584. The SMILES string of the molecule is COC(=O)c1cc(F)cc(-c2ccc(Cl)nc2)c1. The average Bonchev–Trinajstić information content (AvgIpc) is 2.38. The summed E-state index contributed by atoms with van der Waals surface area (Å²) in [5.41, 5.74) is 1.37. The predicted molar refractivity (Wildman–Crippen MR) is 66.0 cm³/mol. The molecule has 0 radical (unpaired) electrons. The zero-order valence-corrected chi connectivity index (χ0v) is 10.2. The second-order valence-corrected chi connectivity index (χ2v) is 3.98. The van der Waals surface area contributed by atoms with Crippen LogP contribution in [0.5, 0.6) is 0 Å². The standard InChI is InChI=1S/C13H9ClFNO2/c1-18-13(17)10-4-9(5-11(15)6-10)8-2-3-12(14)16-7-8/h2-7H,1H3. The van der Waals surface area contributed by atoms with E-state index < -0.39 is 11.8 Å². The Morgan fingerprint density at radius 1 is 1.28 bits per heavy atom. The summed E-state index contributed by atoms with van der Waals surface area (Å²) < 4.78 is 18.0. The van der Waals surface area contributed by atoms with Crippen molar-refractivity contribution in [1.82, 2.24) is 4.98 Å². The lowest BCUT2D eigenvalue weighted by atomic mass is 10.0. The Morgan fingerprint density at radius 2 is 2.06 bits per heavy atom. The molecule has 0 bridgehead atoms. The monoisotopic (exact) mass is 265 g/mol. The van der Waals surface area contributed by atoms with Crippen molar-refractivity contribution in [2.45, 2.75) is 0 Å². The van der Waals surface area contributed by atoms with Gasteiger partial charge in [-0.15, -0.1) is 0 Å². The molecule has 0 aliphatic carbocycles. The molecule has 18 heavy (non-hydrogen) atoms. The summed E-state index contributed by atoms with van der Waals surface area (Å²) in [7, 11) is 1.25. The number of carbonyl (C=O) groups is 1. The molecule has 0 spiro atoms. The number of hydrogen-bond donors (Lipinski definition) is 0. The lowest BCUT2D eigenvalue weighted by Crippen LogP contribution is -2.02. The van der Waals surface area contributed by atoms with Crippen LogP contribution in [-0.2, 0) is 4.74 Å². The molecule has 0 aliphatic rings. The molecule has 2 rings (SSSR count). The van der Waals surface area contributed by atoms with Crippen LogP contribution in [0.4, 0.5) is 4.39 Å². The third-order valence-electron chi connectivity index (χ3n) is 2.38. The normalized spacial score (nSPS) is 10.2. The number of pyridine rings is 1. The molecule has 2 aromatic rings. The Balaban J connectivity index is 2.48. The van der Waals surface area contributed by atoms with Crippen LogP contribution in [-0.4, -0.2) is 18.1 Å². The molecule has 0 fully saturated rings. The summed E-state index contributed by atoms with van der Waals surface area (Å²) >= 11 is 5.68. The van der Waals surface area contributed by atoms with Crippen LogP contribution in [0.25, 0.3) is 11.1 Å². The molecule has 0 saturated carbocycles. The molecule has 5 heteroatoms. The molecule has 1 heterocycles. The number of halogens is 2. The van der Waals surface area contributed by atoms with Crippen LogP contribution in [0.2, 0.25) is 5.15 Å². The van der Waals surface area contributed by atoms with Crippen LogP contribution in [0.3, 0.4) is 0 Å². The Labute approximate surface area is 108 Å². The number of nitrogens with zero attached hydrogens (tertiary/aromatic N) is 1. The quantitative estimate of drug-likeness (QED) is 0.618. The summed E-state index contributed by atoms with van der Waals surface area (Å²) in [5.74, 6) is -1.10. The maximum Gasteiger partial charge on any atom is 0.337 e. The van der Waals surface area contributed by atoms with Crippen molar-refractivity contribution in [1.29, 1.82) is 0 Å². The van der Waals surface area contributed by atoms with E-state index in [1.54, 1.807) is 18.2 Å². The fourth-order valence-corrected chi connectivity index (χ4v) is 1.65. The number of carbonyl (C=O) groups excluding carboxylic acids is 1. The van der Waals surface area contributed by atoms with Gasteiger partial charge in [-0.3, -0.25) is 0 Å². The average molecular weight is 266 g/mol. The minimum absolute atomic E-state index is 0.155. The van der Waals surface area contributed by atoms with Gasteiger partial charge in [0.15, 0.2) is 0 Å². The summed E-state index contributed by atoms with van der Waals surface area (Å²) in [6.07, 6.45) is 1.51. The number of benzene rings is 1. The minimum Gasteiger partial charge on any atom is -0.465 e. The zero-order valence-electron chi connectivity index (χ0n) is 9.48. The van der Waals surface area contributed by atoms with E-state index in [1.807, 2.05) is 0 Å². The third-order valence-corrected chi connectivity index (χ3v) is 2.60. The van der Waals surface area contributed by atoms with Crippen molar-refractivity contribution in [3.05, 3.63) is 53.1 Å². The van der Waals surface area contributed by atoms with Crippen LogP contribution < -0.4 is 0 Å². The number of methoxy groups -OCH3 is 1. The van der Waals surface area contributed by atoms with E-state index in [0.29, 0.717) is 16.3 Å². The van der Waals surface area contributed by atoms with E-state index in [-0.39, 0.29) is 5.56 Å². The summed E-state index contributed by atoms with van der Waals surface area (Å²) in [6, 6.07) is 7.28. The lowest BCUT2D eigenvalue weighted by molar-refractivity contribution is 0.0600. The first-order valence-electron chi connectivity index (χ1n) is 5.11. The number of aromatic nitrogens is 1. The maximum absolute atomic E-state index is 13.4. The third kappa shape index (κ3) is 2.65. The molecule has 0 N–H and O–H groups in total. The number of rotatable bonds is 2. The first kappa shape index (κ1) is 12.5. The highest BCUT2D eigenvalue weighted by Gasteiger charge is 2.10. The molecular weight excluding hydrogens is 257 g/mol. The molecule has 0 atom stereocenters. The first-order chi connectivity index (χ1) is 8.60. The predicted octanol–water partition coefficient (Wildman–Crippen LogP) is 3.33. The van der Waals surface area contributed by atoms with Gasteiger partial charge < -0.3 is 4.74 Å². The number of ether oxygens (including phenoxy) is 1. The van der Waals surface area contributed by atoms with Crippen molar-refractivity contribution in [2.75, 3.05) is 7.11 Å². The fourth-order valence-electron chi connectivity index (χ4n) is 1.54. The Kier molecular flexibility index (Phi) is 3.58. The largest absolute Gasteiger partial charge is 0.465 e. The van der Waals surface area contributed by atoms with E-state index in [1.165, 1.54) is 19.4 Å². The topological polar surface area (TPSA) is 39.2 Å². The molecule has 0 amide bonds. The Morgan fingerprint density at radius 3 is 2.67 bits per heavy atom. The maximum atomic E-state index is 13.4. The van der Waals surface area contributed by atoms with Gasteiger partial charge in [0.1, 0.15) is 11.0 Å². The van der Waals surface area contributed by atoms with Crippen molar-refractivity contribution in [3.63, 3.8) is 0 Å². The van der Waals surface area contributed by atoms with Gasteiger partial charge >= 0.3 is 5.97 Å². The Hall–Kier alpha value is -1.94. The molecule has 1 aromatic heterocycles. The van der Waals surface area contributed by atoms with E-state index in [2.05, 4.69) is 9.72 Å². The highest BCUT2D eigenvalue weighted by atomic mass is 35.5. The van der Waals surface area contributed by atoms with Gasteiger partial charge in [0.2, 0.25) is 0 Å². The number of esters is 1. The highest BCUT2D eigenvalue weighted by Crippen LogP contribution is 2.22. The second-order valence-electron chi connectivity index (χ2n) is 3.59. The highest BCUT2D eigenvalue weighted by molar-refractivity contribution is 6.29. The lowest BCUT2D eigenvalue weighted by Gasteiger charge is -2.05. The molecule has 1 aromatic carbocycles. The molecule has 0 aliphatic heterocycles. The van der Waals surface area contributed by atoms with Gasteiger partial charge in [-0.1, -0.05) is 11.6 Å². The van der Waals surface area contributed by atoms with E-state index in [9.17, 15) is 9.18 Å². The summed E-state index contributed by atoms with van der Waals surface area (Å²) in [4.78, 5) is 15.3. The summed E-state index contributed by atoms with van der Waals surface area (Å²) in [5, 5.41) is 0.350. The first-order valence-corrected chi connectivity index (χ1v) is 5.49. The zero-order chi connectivity index (χ0) is 13.1. The van der Waals surface area contributed by atoms with Gasteiger partial charge in [0, 0.05) is 11.8 Å². The van der Waals surface area contributed by atoms with Gasteiger partial charge in [0.05, 0.1) is 12.7 Å². The molecule has 0 saturated heterocycles. The van der Waals surface area contributed by atoms with Crippen LogP contribution >= 0.6 is 11.6 Å². The minimum atomic E-state index is -0.585. The fraction of sp³-hybridized carbons (Fsp3) is 0.0769. The van der Waals surface area contributed by atoms with Crippen molar-refractivity contribution in [3.8, 4) is 11.1 Å².